The van der Waals surface area contributed by atoms with Crippen molar-refractivity contribution in [3.05, 3.63) is 65.7 Å². The van der Waals surface area contributed by atoms with Crippen molar-refractivity contribution >= 4 is 15.9 Å². The Balaban J connectivity index is 2.36. The third-order valence-electron chi connectivity index (χ3n) is 3.28. The summed E-state index contributed by atoms with van der Waals surface area (Å²) in [5.41, 5.74) is 1.65. The molecule has 0 saturated carbocycles. The van der Waals surface area contributed by atoms with Crippen LogP contribution in [0.2, 0.25) is 0 Å². The monoisotopic (exact) mass is 331 g/mol. The average molecular weight is 331 g/mol. The number of aryl methyl sites for hydroxylation is 1. The maximum Gasteiger partial charge on any atom is 0.285 e. The van der Waals surface area contributed by atoms with Gasteiger partial charge >= 0.3 is 0 Å². The molecule has 122 valence electrons. The van der Waals surface area contributed by atoms with Gasteiger partial charge in [-0.3, -0.25) is 0 Å². The lowest BCUT2D eigenvalue weighted by atomic mass is 10.2. The van der Waals surface area contributed by atoms with Crippen LogP contribution in [0.3, 0.4) is 0 Å². The Morgan fingerprint density at radius 1 is 1.04 bits per heavy atom. The Kier molecular flexibility index (Phi) is 5.93. The van der Waals surface area contributed by atoms with Gasteiger partial charge in [-0.1, -0.05) is 49.2 Å². The van der Waals surface area contributed by atoms with Crippen LogP contribution in [0, 0.1) is 6.92 Å². The molecule has 0 heterocycles. The summed E-state index contributed by atoms with van der Waals surface area (Å²) in [5.74, 6) is 0.139. The molecule has 0 amide bonds. The van der Waals surface area contributed by atoms with Crippen molar-refractivity contribution in [3.63, 3.8) is 0 Å². The van der Waals surface area contributed by atoms with Crippen molar-refractivity contribution in [2.24, 2.45) is 4.40 Å². The first-order valence-electron chi connectivity index (χ1n) is 7.63. The molecular formula is C18H21NO3S. The smallest absolute Gasteiger partial charge is 0.285 e. The van der Waals surface area contributed by atoms with Crippen LogP contribution >= 0.6 is 0 Å². The van der Waals surface area contributed by atoms with Crippen molar-refractivity contribution in [1.82, 2.24) is 0 Å². The number of rotatable bonds is 6. The Bertz CT molecular complexity index is 751. The van der Waals surface area contributed by atoms with Crippen LogP contribution in [0.25, 0.3) is 0 Å². The maximum absolute atomic E-state index is 12.5. The van der Waals surface area contributed by atoms with Crippen LogP contribution in [0.1, 0.15) is 30.9 Å². The normalized spacial score (nSPS) is 12.2. The van der Waals surface area contributed by atoms with Gasteiger partial charge in [0.2, 0.25) is 5.90 Å². The number of hydrogen-bond acceptors (Lipinski definition) is 3. The quantitative estimate of drug-likeness (QED) is 0.457. The highest BCUT2D eigenvalue weighted by atomic mass is 32.2. The van der Waals surface area contributed by atoms with Gasteiger partial charge in [0.05, 0.1) is 11.5 Å². The molecule has 0 aliphatic rings. The third kappa shape index (κ3) is 4.93. The number of sulfonamides is 1. The molecule has 0 fully saturated rings. The zero-order valence-corrected chi connectivity index (χ0v) is 14.2. The largest absolute Gasteiger partial charge is 0.477 e. The van der Waals surface area contributed by atoms with E-state index in [9.17, 15) is 8.42 Å². The molecule has 0 aromatic heterocycles. The van der Waals surface area contributed by atoms with Gasteiger partial charge in [-0.05, 0) is 37.6 Å². The molecule has 2 aromatic rings. The highest BCUT2D eigenvalue weighted by Gasteiger charge is 2.16. The minimum absolute atomic E-state index is 0.139. The topological polar surface area (TPSA) is 55.7 Å². The lowest BCUT2D eigenvalue weighted by Crippen LogP contribution is -2.11. The Morgan fingerprint density at radius 2 is 1.70 bits per heavy atom. The first kappa shape index (κ1) is 17.2. The van der Waals surface area contributed by atoms with E-state index in [1.807, 2.05) is 32.0 Å². The van der Waals surface area contributed by atoms with Gasteiger partial charge < -0.3 is 4.74 Å². The van der Waals surface area contributed by atoms with Crippen LogP contribution in [0.4, 0.5) is 0 Å². The summed E-state index contributed by atoms with van der Waals surface area (Å²) in [7, 11) is -3.80. The predicted octanol–water partition coefficient (Wildman–Crippen LogP) is 3.95. The summed E-state index contributed by atoms with van der Waals surface area (Å²) in [6.45, 7) is 4.39. The second kappa shape index (κ2) is 7.92. The number of nitrogens with zero attached hydrogens (tertiary/aromatic N) is 1. The molecule has 2 aromatic carbocycles. The summed E-state index contributed by atoms with van der Waals surface area (Å²) < 4.78 is 34.5. The van der Waals surface area contributed by atoms with Gasteiger partial charge in [-0.2, -0.15) is 8.42 Å². The van der Waals surface area contributed by atoms with E-state index in [4.69, 9.17) is 4.74 Å². The number of hydrogen-bond donors (Lipinski definition) is 0. The SMILES string of the molecule is CCCCO/C(=N/S(=O)(=O)c1ccc(C)cc1)c1ccccc1. The molecule has 0 spiro atoms. The van der Waals surface area contributed by atoms with Crippen molar-refractivity contribution in [2.45, 2.75) is 31.6 Å². The second-order valence-corrected chi connectivity index (χ2v) is 6.86. The van der Waals surface area contributed by atoms with E-state index < -0.39 is 10.0 Å². The molecule has 5 heteroatoms. The van der Waals surface area contributed by atoms with Gasteiger partial charge in [-0.15, -0.1) is 4.40 Å². The van der Waals surface area contributed by atoms with E-state index in [1.54, 1.807) is 36.4 Å². The second-order valence-electron chi connectivity index (χ2n) is 5.25. The van der Waals surface area contributed by atoms with Crippen LogP contribution in [-0.2, 0) is 14.8 Å². The fourth-order valence-corrected chi connectivity index (χ4v) is 2.89. The molecular weight excluding hydrogens is 310 g/mol. The van der Waals surface area contributed by atoms with E-state index in [1.165, 1.54) is 0 Å². The van der Waals surface area contributed by atoms with E-state index in [-0.39, 0.29) is 10.8 Å². The molecule has 0 aliphatic heterocycles. The van der Waals surface area contributed by atoms with Gasteiger partial charge in [-0.25, -0.2) is 0 Å². The summed E-state index contributed by atoms with van der Waals surface area (Å²) in [6, 6.07) is 15.7. The zero-order chi connectivity index (χ0) is 16.7. The average Bonchev–Trinajstić information content (AvgIpc) is 2.55. The lowest BCUT2D eigenvalue weighted by molar-refractivity contribution is 0.298. The highest BCUT2D eigenvalue weighted by Crippen LogP contribution is 2.15. The third-order valence-corrected chi connectivity index (χ3v) is 4.55. The summed E-state index contributed by atoms with van der Waals surface area (Å²) in [5, 5.41) is 0. The molecule has 0 saturated heterocycles. The van der Waals surface area contributed by atoms with Gasteiger partial charge in [0.1, 0.15) is 0 Å². The van der Waals surface area contributed by atoms with Gasteiger partial charge in [0.25, 0.3) is 10.0 Å². The lowest BCUT2D eigenvalue weighted by Gasteiger charge is -2.09. The Hall–Kier alpha value is -2.14. The molecule has 0 N–H and O–H groups in total. The standard InChI is InChI=1S/C18H21NO3S/c1-3-4-14-22-18(16-8-6-5-7-9-16)19-23(20,21)17-12-10-15(2)11-13-17/h5-13H,3-4,14H2,1-2H3/b19-18+. The fourth-order valence-electron chi connectivity index (χ4n) is 1.93. The molecule has 2 rings (SSSR count). The molecule has 0 bridgehead atoms. The fraction of sp³-hybridized carbons (Fsp3) is 0.278. The number of benzene rings is 2. The molecule has 23 heavy (non-hydrogen) atoms. The van der Waals surface area contributed by atoms with Crippen LogP contribution < -0.4 is 0 Å². The zero-order valence-electron chi connectivity index (χ0n) is 13.4. The summed E-state index contributed by atoms with van der Waals surface area (Å²) in [4.78, 5) is 0.163. The van der Waals surface area contributed by atoms with Crippen molar-refractivity contribution in [3.8, 4) is 0 Å². The molecule has 0 unspecified atom stereocenters. The van der Waals surface area contributed by atoms with Crippen molar-refractivity contribution in [2.75, 3.05) is 6.61 Å². The Morgan fingerprint density at radius 3 is 2.30 bits per heavy atom. The first-order valence-corrected chi connectivity index (χ1v) is 9.07. The highest BCUT2D eigenvalue weighted by molar-refractivity contribution is 7.90. The summed E-state index contributed by atoms with van der Waals surface area (Å²) >= 11 is 0. The van der Waals surface area contributed by atoms with E-state index in [0.717, 1.165) is 18.4 Å². The minimum atomic E-state index is -3.80. The van der Waals surface area contributed by atoms with Crippen molar-refractivity contribution < 1.29 is 13.2 Å². The summed E-state index contributed by atoms with van der Waals surface area (Å²) in [6.07, 6.45) is 1.81. The molecule has 0 radical (unpaired) electrons. The van der Waals surface area contributed by atoms with E-state index in [2.05, 4.69) is 4.40 Å². The number of ether oxygens (including phenoxy) is 1. The van der Waals surface area contributed by atoms with Crippen molar-refractivity contribution in [1.29, 1.82) is 0 Å². The maximum atomic E-state index is 12.5. The molecule has 0 aliphatic carbocycles. The minimum Gasteiger partial charge on any atom is -0.477 e. The predicted molar refractivity (Wildman–Crippen MR) is 92.2 cm³/mol. The number of unbranched alkanes of at least 4 members (excludes halogenated alkanes) is 1. The van der Waals surface area contributed by atoms with Gasteiger partial charge in [0.15, 0.2) is 0 Å². The van der Waals surface area contributed by atoms with E-state index >= 15 is 0 Å². The van der Waals surface area contributed by atoms with Gasteiger partial charge in [0, 0.05) is 5.56 Å². The van der Waals surface area contributed by atoms with E-state index in [0.29, 0.717) is 12.2 Å². The van der Waals surface area contributed by atoms with Crippen LogP contribution in [0.5, 0.6) is 0 Å². The first-order chi connectivity index (χ1) is 11.0. The van der Waals surface area contributed by atoms with Crippen LogP contribution in [-0.4, -0.2) is 20.9 Å². The molecule has 4 nitrogen and oxygen atoms in total. The Labute approximate surface area is 137 Å². The molecule has 0 atom stereocenters. The van der Waals surface area contributed by atoms with Crippen LogP contribution in [0.15, 0.2) is 63.9 Å².